The van der Waals surface area contributed by atoms with Crippen LogP contribution in [0.3, 0.4) is 0 Å². The van der Waals surface area contributed by atoms with Crippen molar-refractivity contribution in [2.45, 2.75) is 30.2 Å². The van der Waals surface area contributed by atoms with Gasteiger partial charge in [-0.15, -0.1) is 12.6 Å². The first-order valence-electron chi connectivity index (χ1n) is 5.91. The molecule has 0 aromatic heterocycles. The van der Waals surface area contributed by atoms with Crippen molar-refractivity contribution in [3.63, 3.8) is 0 Å². The summed E-state index contributed by atoms with van der Waals surface area (Å²) in [6.07, 6.45) is 3.02. The molecule has 0 bridgehead atoms. The Bertz CT molecular complexity index is 408. The van der Waals surface area contributed by atoms with Crippen LogP contribution in [0, 0.1) is 5.92 Å². The van der Waals surface area contributed by atoms with E-state index in [2.05, 4.69) is 17.9 Å². The lowest BCUT2D eigenvalue weighted by Crippen LogP contribution is -2.38. The van der Waals surface area contributed by atoms with Crippen molar-refractivity contribution in [3.8, 4) is 0 Å². The number of carbonyl (C=O) groups is 1. The standard InChI is InChI=1S/C13H17NO2S/c15-8-10-4-2-6-12(10)14-13(16)9-3-1-5-11(17)7-9/h1,3,5,7,10,12,15,17H,2,4,6,8H2,(H,14,16). The molecule has 17 heavy (non-hydrogen) atoms. The summed E-state index contributed by atoms with van der Waals surface area (Å²) in [4.78, 5) is 12.8. The molecule has 2 unspecified atom stereocenters. The van der Waals surface area contributed by atoms with Crippen LogP contribution in [0.15, 0.2) is 29.2 Å². The zero-order chi connectivity index (χ0) is 12.3. The monoisotopic (exact) mass is 251 g/mol. The lowest BCUT2D eigenvalue weighted by atomic mass is 10.0. The van der Waals surface area contributed by atoms with E-state index >= 15 is 0 Å². The van der Waals surface area contributed by atoms with E-state index in [0.717, 1.165) is 24.2 Å². The van der Waals surface area contributed by atoms with Crippen LogP contribution in [0.25, 0.3) is 0 Å². The molecule has 2 N–H and O–H groups in total. The van der Waals surface area contributed by atoms with E-state index in [1.165, 1.54) is 0 Å². The van der Waals surface area contributed by atoms with Crippen LogP contribution in [0.1, 0.15) is 29.6 Å². The van der Waals surface area contributed by atoms with Crippen molar-refractivity contribution in [3.05, 3.63) is 29.8 Å². The summed E-state index contributed by atoms with van der Waals surface area (Å²) >= 11 is 4.21. The fourth-order valence-electron chi connectivity index (χ4n) is 2.34. The van der Waals surface area contributed by atoms with Gasteiger partial charge in [-0.3, -0.25) is 4.79 Å². The van der Waals surface area contributed by atoms with Crippen molar-refractivity contribution in [2.24, 2.45) is 5.92 Å². The summed E-state index contributed by atoms with van der Waals surface area (Å²) in [5, 5.41) is 12.2. The maximum absolute atomic E-state index is 12.0. The first-order valence-corrected chi connectivity index (χ1v) is 6.36. The van der Waals surface area contributed by atoms with Gasteiger partial charge in [0.15, 0.2) is 0 Å². The highest BCUT2D eigenvalue weighted by molar-refractivity contribution is 7.80. The SMILES string of the molecule is O=C(NC1CCCC1CO)c1cccc(S)c1. The molecule has 1 aliphatic rings. The number of carbonyl (C=O) groups excluding carboxylic acids is 1. The topological polar surface area (TPSA) is 49.3 Å². The zero-order valence-electron chi connectivity index (χ0n) is 9.60. The maximum atomic E-state index is 12.0. The summed E-state index contributed by atoms with van der Waals surface area (Å²) in [6, 6.07) is 7.29. The van der Waals surface area contributed by atoms with Crippen molar-refractivity contribution in [1.29, 1.82) is 0 Å². The molecule has 1 saturated carbocycles. The lowest BCUT2D eigenvalue weighted by Gasteiger charge is -2.19. The number of hydrogen-bond acceptors (Lipinski definition) is 3. The first-order chi connectivity index (χ1) is 8.20. The van der Waals surface area contributed by atoms with E-state index in [9.17, 15) is 9.90 Å². The van der Waals surface area contributed by atoms with Crippen LogP contribution in [0.5, 0.6) is 0 Å². The molecule has 0 aliphatic heterocycles. The van der Waals surface area contributed by atoms with Crippen LogP contribution < -0.4 is 5.32 Å². The summed E-state index contributed by atoms with van der Waals surface area (Å²) in [6.45, 7) is 0.150. The normalized spacial score (nSPS) is 23.6. The second kappa shape index (κ2) is 5.56. The van der Waals surface area contributed by atoms with Crippen LogP contribution in [0.4, 0.5) is 0 Å². The summed E-state index contributed by atoms with van der Waals surface area (Å²) in [7, 11) is 0. The van der Waals surface area contributed by atoms with E-state index in [0.29, 0.717) is 5.56 Å². The minimum absolute atomic E-state index is 0.0775. The molecule has 0 saturated heterocycles. The first kappa shape index (κ1) is 12.5. The molecule has 92 valence electrons. The zero-order valence-corrected chi connectivity index (χ0v) is 10.5. The number of hydrogen-bond donors (Lipinski definition) is 3. The Hall–Kier alpha value is -1.00. The fraction of sp³-hybridized carbons (Fsp3) is 0.462. The van der Waals surface area contributed by atoms with Gasteiger partial charge in [-0.05, 0) is 31.0 Å². The summed E-state index contributed by atoms with van der Waals surface area (Å²) in [5.41, 5.74) is 0.626. The number of aliphatic hydroxyl groups is 1. The van der Waals surface area contributed by atoms with Gasteiger partial charge in [-0.2, -0.15) is 0 Å². The third-order valence-corrected chi connectivity index (χ3v) is 3.60. The van der Waals surface area contributed by atoms with Gasteiger partial charge in [-0.1, -0.05) is 12.5 Å². The lowest BCUT2D eigenvalue weighted by molar-refractivity contribution is 0.0916. The van der Waals surface area contributed by atoms with Gasteiger partial charge in [0.1, 0.15) is 0 Å². The number of aliphatic hydroxyl groups excluding tert-OH is 1. The Morgan fingerprint density at radius 2 is 2.29 bits per heavy atom. The van der Waals surface area contributed by atoms with Crippen molar-refractivity contribution in [1.82, 2.24) is 5.32 Å². The van der Waals surface area contributed by atoms with Crippen LogP contribution in [-0.2, 0) is 0 Å². The molecule has 1 aromatic carbocycles. The molecule has 4 heteroatoms. The molecule has 1 fully saturated rings. The fourth-order valence-corrected chi connectivity index (χ4v) is 2.57. The molecule has 2 atom stereocenters. The number of nitrogens with one attached hydrogen (secondary N) is 1. The Balaban J connectivity index is 2.01. The summed E-state index contributed by atoms with van der Waals surface area (Å²) < 4.78 is 0. The number of benzene rings is 1. The molecule has 1 aliphatic carbocycles. The third kappa shape index (κ3) is 3.01. The smallest absolute Gasteiger partial charge is 0.251 e. The average molecular weight is 251 g/mol. The molecule has 0 spiro atoms. The van der Waals surface area contributed by atoms with E-state index in [4.69, 9.17) is 0 Å². The number of amides is 1. The molecule has 1 amide bonds. The second-order valence-corrected chi connectivity index (χ2v) is 5.02. The van der Waals surface area contributed by atoms with E-state index in [-0.39, 0.29) is 24.5 Å². The van der Waals surface area contributed by atoms with Gasteiger partial charge in [-0.25, -0.2) is 0 Å². The van der Waals surface area contributed by atoms with Crippen molar-refractivity contribution < 1.29 is 9.90 Å². The van der Waals surface area contributed by atoms with Gasteiger partial charge in [0.25, 0.3) is 5.91 Å². The predicted octanol–water partition coefficient (Wildman–Crippen LogP) is 1.87. The molecule has 2 rings (SSSR count). The quantitative estimate of drug-likeness (QED) is 0.718. The average Bonchev–Trinajstić information content (AvgIpc) is 2.76. The van der Waals surface area contributed by atoms with E-state index in [1.54, 1.807) is 12.1 Å². The minimum Gasteiger partial charge on any atom is -0.396 e. The Labute approximate surface area is 107 Å². The molecular formula is C13H17NO2S. The predicted molar refractivity (Wildman–Crippen MR) is 69.4 cm³/mol. The molecule has 0 heterocycles. The maximum Gasteiger partial charge on any atom is 0.251 e. The van der Waals surface area contributed by atoms with Gasteiger partial charge >= 0.3 is 0 Å². The minimum atomic E-state index is -0.0775. The third-order valence-electron chi connectivity index (χ3n) is 3.32. The van der Waals surface area contributed by atoms with Gasteiger partial charge in [0.2, 0.25) is 0 Å². The van der Waals surface area contributed by atoms with Gasteiger partial charge < -0.3 is 10.4 Å². The van der Waals surface area contributed by atoms with Crippen molar-refractivity contribution >= 4 is 18.5 Å². The highest BCUT2D eigenvalue weighted by Crippen LogP contribution is 2.25. The van der Waals surface area contributed by atoms with E-state index < -0.39 is 0 Å². The van der Waals surface area contributed by atoms with E-state index in [1.807, 2.05) is 12.1 Å². The van der Waals surface area contributed by atoms with Gasteiger partial charge in [0, 0.05) is 29.0 Å². The highest BCUT2D eigenvalue weighted by Gasteiger charge is 2.27. The largest absolute Gasteiger partial charge is 0.396 e. The molecule has 1 aromatic rings. The van der Waals surface area contributed by atoms with Gasteiger partial charge in [0.05, 0.1) is 0 Å². The second-order valence-electron chi connectivity index (χ2n) is 4.50. The highest BCUT2D eigenvalue weighted by atomic mass is 32.1. The Morgan fingerprint density at radius 3 is 3.00 bits per heavy atom. The molecular weight excluding hydrogens is 234 g/mol. The Morgan fingerprint density at radius 1 is 1.47 bits per heavy atom. The van der Waals surface area contributed by atoms with Crippen LogP contribution in [0.2, 0.25) is 0 Å². The number of thiol groups is 1. The molecule has 0 radical (unpaired) electrons. The van der Waals surface area contributed by atoms with Crippen LogP contribution >= 0.6 is 12.6 Å². The molecule has 3 nitrogen and oxygen atoms in total. The Kier molecular flexibility index (Phi) is 4.07. The van der Waals surface area contributed by atoms with Crippen molar-refractivity contribution in [2.75, 3.05) is 6.61 Å². The number of rotatable bonds is 3. The van der Waals surface area contributed by atoms with Crippen LogP contribution in [-0.4, -0.2) is 23.7 Å². The summed E-state index contributed by atoms with van der Waals surface area (Å²) in [5.74, 6) is 0.129.